The molecular formula is C14H15N3O3S. The van der Waals surface area contributed by atoms with Crippen LogP contribution in [0.1, 0.15) is 16.8 Å². The molecule has 0 unspecified atom stereocenters. The predicted molar refractivity (Wildman–Crippen MR) is 80.5 cm³/mol. The van der Waals surface area contributed by atoms with Crippen molar-refractivity contribution < 1.29 is 14.7 Å². The molecule has 0 spiro atoms. The average Bonchev–Trinajstić information content (AvgIpc) is 2.95. The highest BCUT2D eigenvalue weighted by atomic mass is 32.2. The number of para-hydroxylation sites is 1. The third-order valence-corrected chi connectivity index (χ3v) is 4.70. The SMILES string of the molecule is O=C(O)C[C@H]1CSCCN1C(=O)c1cccc2cn[nH]c12. The monoisotopic (exact) mass is 305 g/mol. The first-order valence-electron chi connectivity index (χ1n) is 6.69. The van der Waals surface area contributed by atoms with Crippen LogP contribution in [0.5, 0.6) is 0 Å². The van der Waals surface area contributed by atoms with Gasteiger partial charge in [-0.25, -0.2) is 0 Å². The fourth-order valence-electron chi connectivity index (χ4n) is 2.59. The van der Waals surface area contributed by atoms with Gasteiger partial charge in [-0.05, 0) is 6.07 Å². The summed E-state index contributed by atoms with van der Waals surface area (Å²) in [5.74, 6) is 0.495. The Balaban J connectivity index is 1.92. The third kappa shape index (κ3) is 2.73. The molecule has 2 aromatic rings. The van der Waals surface area contributed by atoms with Crippen molar-refractivity contribution in [1.82, 2.24) is 15.1 Å². The quantitative estimate of drug-likeness (QED) is 0.899. The maximum atomic E-state index is 12.8. The van der Waals surface area contributed by atoms with E-state index in [1.807, 2.05) is 12.1 Å². The maximum absolute atomic E-state index is 12.8. The van der Waals surface area contributed by atoms with E-state index in [4.69, 9.17) is 5.11 Å². The number of thioether (sulfide) groups is 1. The summed E-state index contributed by atoms with van der Waals surface area (Å²) in [5.41, 5.74) is 1.25. The van der Waals surface area contributed by atoms with Crippen LogP contribution in [0.2, 0.25) is 0 Å². The zero-order valence-electron chi connectivity index (χ0n) is 11.3. The molecule has 110 valence electrons. The van der Waals surface area contributed by atoms with Crippen molar-refractivity contribution in [2.75, 3.05) is 18.1 Å². The van der Waals surface area contributed by atoms with Crippen LogP contribution in [-0.2, 0) is 4.79 Å². The number of rotatable bonds is 3. The highest BCUT2D eigenvalue weighted by molar-refractivity contribution is 7.99. The van der Waals surface area contributed by atoms with Crippen LogP contribution in [0.3, 0.4) is 0 Å². The Hall–Kier alpha value is -2.02. The van der Waals surface area contributed by atoms with Crippen LogP contribution in [0.25, 0.3) is 10.9 Å². The molecule has 1 atom stereocenters. The van der Waals surface area contributed by atoms with E-state index in [0.29, 0.717) is 23.4 Å². The standard InChI is InChI=1S/C14H15N3O3S/c18-12(19)6-10-8-21-5-4-17(10)14(20)11-3-1-2-9-7-15-16-13(9)11/h1-3,7,10H,4-6,8H2,(H,15,16)(H,18,19)/t10-/m0/s1. The van der Waals surface area contributed by atoms with Gasteiger partial charge in [-0.3, -0.25) is 14.7 Å². The van der Waals surface area contributed by atoms with Gasteiger partial charge < -0.3 is 10.0 Å². The van der Waals surface area contributed by atoms with Gasteiger partial charge >= 0.3 is 5.97 Å². The third-order valence-electron chi connectivity index (χ3n) is 3.61. The number of H-pyrrole nitrogens is 1. The van der Waals surface area contributed by atoms with Crippen molar-refractivity contribution in [1.29, 1.82) is 0 Å². The fourth-order valence-corrected chi connectivity index (χ4v) is 3.66. The van der Waals surface area contributed by atoms with Gasteiger partial charge in [0, 0.05) is 23.4 Å². The number of hydrogen-bond acceptors (Lipinski definition) is 4. The predicted octanol–water partition coefficient (Wildman–Crippen LogP) is 1.60. The number of carboxylic acid groups (broad SMARTS) is 1. The van der Waals surface area contributed by atoms with E-state index in [2.05, 4.69) is 10.2 Å². The Bertz CT molecular complexity index is 685. The summed E-state index contributed by atoms with van der Waals surface area (Å²) in [4.78, 5) is 25.4. The number of aromatic amines is 1. The van der Waals surface area contributed by atoms with Crippen molar-refractivity contribution in [2.24, 2.45) is 0 Å². The maximum Gasteiger partial charge on any atom is 0.305 e. The van der Waals surface area contributed by atoms with Gasteiger partial charge in [0.25, 0.3) is 5.91 Å². The van der Waals surface area contributed by atoms with Gasteiger partial charge in [0.1, 0.15) is 0 Å². The van der Waals surface area contributed by atoms with E-state index in [1.54, 1.807) is 28.9 Å². The molecule has 2 N–H and O–H groups in total. The van der Waals surface area contributed by atoms with Gasteiger partial charge in [0.2, 0.25) is 0 Å². The molecule has 6 nitrogen and oxygen atoms in total. The number of nitrogens with zero attached hydrogens (tertiary/aromatic N) is 2. The highest BCUT2D eigenvalue weighted by Crippen LogP contribution is 2.24. The summed E-state index contributed by atoms with van der Waals surface area (Å²) >= 11 is 1.69. The van der Waals surface area contributed by atoms with Gasteiger partial charge in [0.05, 0.1) is 29.7 Å². The first kappa shape index (κ1) is 13.9. The second-order valence-electron chi connectivity index (χ2n) is 4.96. The summed E-state index contributed by atoms with van der Waals surface area (Å²) in [6, 6.07) is 5.20. The highest BCUT2D eigenvalue weighted by Gasteiger charge is 2.30. The van der Waals surface area contributed by atoms with Gasteiger partial charge in [0.15, 0.2) is 0 Å². The summed E-state index contributed by atoms with van der Waals surface area (Å²) in [5, 5.41) is 16.7. The number of carbonyl (C=O) groups excluding carboxylic acids is 1. The first-order valence-corrected chi connectivity index (χ1v) is 7.85. The minimum Gasteiger partial charge on any atom is -0.481 e. The molecular weight excluding hydrogens is 290 g/mol. The first-order chi connectivity index (χ1) is 10.2. The molecule has 2 heterocycles. The van der Waals surface area contributed by atoms with E-state index in [9.17, 15) is 9.59 Å². The molecule has 0 radical (unpaired) electrons. The Kier molecular flexibility index (Phi) is 3.83. The Labute approximate surface area is 125 Å². The lowest BCUT2D eigenvalue weighted by atomic mass is 10.1. The molecule has 1 aromatic heterocycles. The molecule has 1 amide bonds. The lowest BCUT2D eigenvalue weighted by Gasteiger charge is -2.34. The van der Waals surface area contributed by atoms with E-state index in [-0.39, 0.29) is 18.4 Å². The Morgan fingerprint density at radius 1 is 1.48 bits per heavy atom. The lowest BCUT2D eigenvalue weighted by Crippen LogP contribution is -2.47. The summed E-state index contributed by atoms with van der Waals surface area (Å²) in [7, 11) is 0. The molecule has 3 rings (SSSR count). The number of aromatic nitrogens is 2. The Morgan fingerprint density at radius 2 is 2.33 bits per heavy atom. The van der Waals surface area contributed by atoms with Crippen molar-refractivity contribution in [3.63, 3.8) is 0 Å². The normalized spacial score (nSPS) is 18.9. The minimum absolute atomic E-state index is 0.0162. The van der Waals surface area contributed by atoms with Crippen LogP contribution >= 0.6 is 11.8 Å². The van der Waals surface area contributed by atoms with Gasteiger partial charge in [-0.15, -0.1) is 0 Å². The topological polar surface area (TPSA) is 86.3 Å². The van der Waals surface area contributed by atoms with E-state index >= 15 is 0 Å². The van der Waals surface area contributed by atoms with Crippen LogP contribution in [0, 0.1) is 0 Å². The van der Waals surface area contributed by atoms with E-state index in [1.165, 1.54) is 0 Å². The number of amides is 1. The number of carboxylic acids is 1. The van der Waals surface area contributed by atoms with E-state index in [0.717, 1.165) is 11.1 Å². The second kappa shape index (κ2) is 5.77. The largest absolute Gasteiger partial charge is 0.481 e. The smallest absolute Gasteiger partial charge is 0.305 e. The molecule has 1 aliphatic rings. The second-order valence-corrected chi connectivity index (χ2v) is 6.11. The molecule has 0 aliphatic carbocycles. The number of carbonyl (C=O) groups is 2. The molecule has 1 fully saturated rings. The summed E-state index contributed by atoms with van der Waals surface area (Å²) < 4.78 is 0. The van der Waals surface area contributed by atoms with Crippen LogP contribution in [0.15, 0.2) is 24.4 Å². The minimum atomic E-state index is -0.875. The van der Waals surface area contributed by atoms with Crippen molar-refractivity contribution in [2.45, 2.75) is 12.5 Å². The zero-order valence-corrected chi connectivity index (χ0v) is 12.1. The van der Waals surface area contributed by atoms with Gasteiger partial charge in [-0.1, -0.05) is 12.1 Å². The Morgan fingerprint density at radius 3 is 3.14 bits per heavy atom. The number of nitrogens with one attached hydrogen (secondary N) is 1. The van der Waals surface area contributed by atoms with E-state index < -0.39 is 5.97 Å². The molecule has 7 heteroatoms. The molecule has 0 saturated carbocycles. The summed E-state index contributed by atoms with van der Waals surface area (Å²) in [6.07, 6.45) is 1.66. The van der Waals surface area contributed by atoms with Crippen LogP contribution in [0.4, 0.5) is 0 Å². The molecule has 1 aliphatic heterocycles. The van der Waals surface area contributed by atoms with Crippen LogP contribution < -0.4 is 0 Å². The molecule has 0 bridgehead atoms. The number of fused-ring (bicyclic) bond motifs is 1. The van der Waals surface area contributed by atoms with Gasteiger partial charge in [-0.2, -0.15) is 16.9 Å². The number of hydrogen-bond donors (Lipinski definition) is 2. The van der Waals surface area contributed by atoms with Crippen molar-refractivity contribution in [3.8, 4) is 0 Å². The van der Waals surface area contributed by atoms with Crippen molar-refractivity contribution >= 4 is 34.5 Å². The molecule has 21 heavy (non-hydrogen) atoms. The van der Waals surface area contributed by atoms with Crippen LogP contribution in [-0.4, -0.2) is 56.2 Å². The zero-order chi connectivity index (χ0) is 14.8. The fraction of sp³-hybridized carbons (Fsp3) is 0.357. The average molecular weight is 305 g/mol. The van der Waals surface area contributed by atoms with Crippen molar-refractivity contribution in [3.05, 3.63) is 30.0 Å². The summed E-state index contributed by atoms with van der Waals surface area (Å²) in [6.45, 7) is 0.575. The number of aliphatic carboxylic acids is 1. The lowest BCUT2D eigenvalue weighted by molar-refractivity contribution is -0.138. The molecule has 1 aromatic carbocycles. The number of benzene rings is 1. The molecule has 1 saturated heterocycles.